The van der Waals surface area contributed by atoms with Gasteiger partial charge in [-0.1, -0.05) is 13.0 Å². The van der Waals surface area contributed by atoms with E-state index in [4.69, 9.17) is 16.5 Å². The van der Waals surface area contributed by atoms with Gasteiger partial charge in [0.15, 0.2) is 0 Å². The summed E-state index contributed by atoms with van der Waals surface area (Å²) in [7, 11) is 0. The highest BCUT2D eigenvalue weighted by Gasteiger charge is 2.54. The van der Waals surface area contributed by atoms with Crippen molar-refractivity contribution in [3.05, 3.63) is 29.6 Å². The molecular weight excluding hydrogens is 318 g/mol. The highest BCUT2D eigenvalue weighted by Crippen LogP contribution is 2.52. The van der Waals surface area contributed by atoms with Gasteiger partial charge in [0, 0.05) is 6.54 Å². The molecule has 1 saturated heterocycles. The van der Waals surface area contributed by atoms with Crippen molar-refractivity contribution in [3.63, 3.8) is 0 Å². The number of fused-ring (bicyclic) bond motifs is 3. The van der Waals surface area contributed by atoms with Gasteiger partial charge < -0.3 is 11.5 Å². The lowest BCUT2D eigenvalue weighted by Gasteiger charge is -2.38. The Labute approximate surface area is 146 Å². The molecule has 4 N–H and O–H groups in total. The van der Waals surface area contributed by atoms with Gasteiger partial charge >= 0.3 is 6.03 Å². The number of carbonyl (C=O) groups excluding carboxylic acids is 2. The van der Waals surface area contributed by atoms with Gasteiger partial charge in [-0.15, -0.1) is 0 Å². The molecule has 4 rings (SSSR count). The molecule has 0 radical (unpaired) electrons. The molecule has 7 nitrogen and oxygen atoms in total. The van der Waals surface area contributed by atoms with Crippen LogP contribution in [-0.4, -0.2) is 39.5 Å². The number of para-hydroxylation sites is 1. The van der Waals surface area contributed by atoms with Crippen molar-refractivity contribution >= 4 is 23.0 Å². The highest BCUT2D eigenvalue weighted by molar-refractivity contribution is 6.05. The zero-order chi connectivity index (χ0) is 17.8. The normalized spacial score (nSPS) is 25.7. The van der Waals surface area contributed by atoms with E-state index in [9.17, 15) is 9.59 Å². The quantitative estimate of drug-likeness (QED) is 0.884. The summed E-state index contributed by atoms with van der Waals surface area (Å²) >= 11 is 0. The zero-order valence-electron chi connectivity index (χ0n) is 14.4. The Kier molecular flexibility index (Phi) is 3.57. The molecule has 2 aromatic rings. The second-order valence-corrected chi connectivity index (χ2v) is 7.23. The van der Waals surface area contributed by atoms with E-state index in [1.807, 2.05) is 0 Å². The minimum Gasteiger partial charge on any atom is -0.366 e. The van der Waals surface area contributed by atoms with Gasteiger partial charge in [-0.05, 0) is 50.3 Å². The van der Waals surface area contributed by atoms with Crippen LogP contribution < -0.4 is 11.5 Å². The van der Waals surface area contributed by atoms with Gasteiger partial charge in [0.2, 0.25) is 0 Å². The molecule has 7 heteroatoms. The fourth-order valence-corrected chi connectivity index (χ4v) is 4.81. The van der Waals surface area contributed by atoms with E-state index in [0.717, 1.165) is 38.8 Å². The second-order valence-electron chi connectivity index (χ2n) is 7.23. The van der Waals surface area contributed by atoms with E-state index >= 15 is 0 Å². The summed E-state index contributed by atoms with van der Waals surface area (Å²) < 4.78 is 1.48. The number of likely N-dealkylation sites (tertiary alicyclic amines) is 1. The Morgan fingerprint density at radius 1 is 1.36 bits per heavy atom. The topological polar surface area (TPSA) is 107 Å². The molecule has 1 aromatic carbocycles. The van der Waals surface area contributed by atoms with E-state index < -0.39 is 11.9 Å². The van der Waals surface area contributed by atoms with Crippen LogP contribution in [0.2, 0.25) is 0 Å². The maximum Gasteiger partial charge on any atom is 0.324 e. The average molecular weight is 341 g/mol. The number of hydrogen-bond donors (Lipinski definition) is 2. The molecule has 0 spiro atoms. The summed E-state index contributed by atoms with van der Waals surface area (Å²) in [6, 6.07) is 4.55. The number of hydrogen-bond acceptors (Lipinski definition) is 4. The van der Waals surface area contributed by atoms with Crippen LogP contribution in [0.1, 0.15) is 48.8 Å². The predicted molar refractivity (Wildman–Crippen MR) is 94.1 cm³/mol. The monoisotopic (exact) mass is 341 g/mol. The molecule has 2 aliphatic rings. The zero-order valence-corrected chi connectivity index (χ0v) is 14.4. The molecule has 132 valence electrons. The first-order valence-electron chi connectivity index (χ1n) is 8.84. The van der Waals surface area contributed by atoms with Crippen molar-refractivity contribution in [1.29, 1.82) is 0 Å². The number of rotatable bonds is 4. The van der Waals surface area contributed by atoms with Crippen LogP contribution in [0, 0.1) is 5.92 Å². The Hall–Kier alpha value is -2.41. The lowest BCUT2D eigenvalue weighted by Crippen LogP contribution is -2.45. The number of primary amides is 2. The lowest BCUT2D eigenvalue weighted by atomic mass is 9.95. The van der Waals surface area contributed by atoms with Crippen molar-refractivity contribution in [3.8, 4) is 0 Å². The SMILES string of the molecule is CCCN1C[C@H]2CC[C@@]1(c1nc3c(C(N)=O)cccc3n1C(N)=O)C2. The third kappa shape index (κ3) is 2.18. The van der Waals surface area contributed by atoms with Gasteiger partial charge in [-0.3, -0.25) is 9.69 Å². The molecular formula is C18H23N5O2. The van der Waals surface area contributed by atoms with Gasteiger partial charge in [0.1, 0.15) is 11.3 Å². The Bertz CT molecular complexity index is 874. The molecule has 2 fully saturated rings. The number of nitrogens with two attached hydrogens (primary N) is 2. The van der Waals surface area contributed by atoms with Crippen molar-refractivity contribution < 1.29 is 9.59 Å². The van der Waals surface area contributed by atoms with Crippen LogP contribution in [-0.2, 0) is 5.54 Å². The van der Waals surface area contributed by atoms with E-state index in [1.165, 1.54) is 4.57 Å². The minimum absolute atomic E-state index is 0.274. The summed E-state index contributed by atoms with van der Waals surface area (Å²) in [6.45, 7) is 4.14. The summed E-state index contributed by atoms with van der Waals surface area (Å²) in [5.41, 5.74) is 12.3. The molecule has 2 amide bonds. The number of carbonyl (C=O) groups is 2. The summed E-state index contributed by atoms with van der Waals surface area (Å²) in [6.07, 6.45) is 4.11. The van der Waals surface area contributed by atoms with Crippen LogP contribution in [0.3, 0.4) is 0 Å². The molecule has 2 heterocycles. The van der Waals surface area contributed by atoms with Crippen molar-refractivity contribution in [1.82, 2.24) is 14.5 Å². The van der Waals surface area contributed by atoms with Crippen molar-refractivity contribution in [2.75, 3.05) is 13.1 Å². The highest BCUT2D eigenvalue weighted by atomic mass is 16.2. The smallest absolute Gasteiger partial charge is 0.324 e. The molecule has 1 aromatic heterocycles. The molecule has 1 saturated carbocycles. The number of piperidine rings is 1. The largest absolute Gasteiger partial charge is 0.366 e. The lowest BCUT2D eigenvalue weighted by molar-refractivity contribution is 0.100. The first kappa shape index (κ1) is 16.1. The van der Waals surface area contributed by atoms with E-state index in [2.05, 4.69) is 11.8 Å². The predicted octanol–water partition coefficient (Wildman–Crippen LogP) is 1.78. The van der Waals surface area contributed by atoms with E-state index in [1.54, 1.807) is 18.2 Å². The van der Waals surface area contributed by atoms with Gasteiger partial charge in [-0.2, -0.15) is 0 Å². The van der Waals surface area contributed by atoms with Gasteiger partial charge in [0.05, 0.1) is 16.6 Å². The Balaban J connectivity index is 1.98. The molecule has 1 aliphatic carbocycles. The summed E-state index contributed by atoms with van der Waals surface area (Å²) in [5.74, 6) is 0.741. The van der Waals surface area contributed by atoms with Crippen molar-refractivity contribution in [2.45, 2.75) is 38.1 Å². The molecule has 0 unspecified atom stereocenters. The standard InChI is InChI=1S/C18H23N5O2/c1-2-8-22-10-11-6-7-18(22,9-11)16-21-14-12(15(19)24)4-3-5-13(14)23(16)17(20)25/h3-5,11H,2,6-10H2,1H3,(H2,19,24)(H2,20,25)/t11-,18-/m0/s1. The van der Waals surface area contributed by atoms with Crippen LogP contribution in [0.4, 0.5) is 4.79 Å². The minimum atomic E-state index is -0.569. The van der Waals surface area contributed by atoms with E-state index in [-0.39, 0.29) is 5.54 Å². The first-order chi connectivity index (χ1) is 12.0. The number of benzene rings is 1. The molecule has 25 heavy (non-hydrogen) atoms. The third-order valence-electron chi connectivity index (χ3n) is 5.76. The maximum atomic E-state index is 12.3. The van der Waals surface area contributed by atoms with Gasteiger partial charge in [-0.25, -0.2) is 14.3 Å². The number of imidazole rings is 1. The maximum absolute atomic E-state index is 12.3. The van der Waals surface area contributed by atoms with E-state index in [0.29, 0.717) is 28.3 Å². The second kappa shape index (κ2) is 5.56. The van der Waals surface area contributed by atoms with Crippen LogP contribution in [0.15, 0.2) is 18.2 Å². The van der Waals surface area contributed by atoms with Crippen LogP contribution in [0.25, 0.3) is 11.0 Å². The first-order valence-corrected chi connectivity index (χ1v) is 8.84. The average Bonchev–Trinajstić information content (AvgIpc) is 3.25. The van der Waals surface area contributed by atoms with Crippen LogP contribution >= 0.6 is 0 Å². The van der Waals surface area contributed by atoms with Crippen LogP contribution in [0.5, 0.6) is 0 Å². The fraction of sp³-hybridized carbons (Fsp3) is 0.500. The Morgan fingerprint density at radius 3 is 2.80 bits per heavy atom. The Morgan fingerprint density at radius 2 is 2.16 bits per heavy atom. The third-order valence-corrected chi connectivity index (χ3v) is 5.76. The summed E-state index contributed by atoms with van der Waals surface area (Å²) in [4.78, 5) is 31.3. The molecule has 1 aliphatic heterocycles. The number of amides is 2. The fourth-order valence-electron chi connectivity index (χ4n) is 4.81. The van der Waals surface area contributed by atoms with Crippen molar-refractivity contribution in [2.24, 2.45) is 17.4 Å². The van der Waals surface area contributed by atoms with Gasteiger partial charge in [0.25, 0.3) is 5.91 Å². The molecule has 2 bridgehead atoms. The summed E-state index contributed by atoms with van der Waals surface area (Å²) in [5, 5.41) is 0. The molecule has 2 atom stereocenters. The number of aromatic nitrogens is 2. The number of nitrogens with zero attached hydrogens (tertiary/aromatic N) is 3.